The van der Waals surface area contributed by atoms with Gasteiger partial charge in [-0.2, -0.15) is 0 Å². The highest BCUT2D eigenvalue weighted by molar-refractivity contribution is 8.14. The fourth-order valence-electron chi connectivity index (χ4n) is 3.16. The Kier molecular flexibility index (Phi) is 6.58. The summed E-state index contributed by atoms with van der Waals surface area (Å²) >= 11 is 1.02. The third-order valence-electron chi connectivity index (χ3n) is 4.94. The number of carbonyl (C=O) groups is 3. The van der Waals surface area contributed by atoms with Gasteiger partial charge in [-0.25, -0.2) is 4.79 Å². The van der Waals surface area contributed by atoms with E-state index in [1.165, 1.54) is 4.90 Å². The van der Waals surface area contributed by atoms with E-state index in [0.717, 1.165) is 43.6 Å². The van der Waals surface area contributed by atoms with E-state index >= 15 is 0 Å². The maximum Gasteiger partial charge on any atom is 0.319 e. The SMILES string of the molecule is CC(C)(CNC(=O)Nc1ccc(CN2C(=O)CSC2=O)cc1)N1CCOCC1. The number of carbonyl (C=O) groups excluding carboxylic acids is 3. The Labute approximate surface area is 169 Å². The quantitative estimate of drug-likeness (QED) is 0.752. The summed E-state index contributed by atoms with van der Waals surface area (Å²) in [5.41, 5.74) is 1.33. The Morgan fingerprint density at radius 2 is 1.86 bits per heavy atom. The first kappa shape index (κ1) is 20.6. The molecule has 2 saturated heterocycles. The second kappa shape index (κ2) is 8.93. The molecule has 0 spiro atoms. The highest BCUT2D eigenvalue weighted by Gasteiger charge is 2.30. The molecule has 4 amide bonds. The number of amides is 4. The van der Waals surface area contributed by atoms with Crippen molar-refractivity contribution in [1.82, 2.24) is 15.1 Å². The van der Waals surface area contributed by atoms with Gasteiger partial charge in [-0.05, 0) is 31.5 Å². The van der Waals surface area contributed by atoms with E-state index in [9.17, 15) is 14.4 Å². The van der Waals surface area contributed by atoms with Crippen LogP contribution in [-0.2, 0) is 16.1 Å². The number of ether oxygens (including phenoxy) is 1. The first-order valence-electron chi connectivity index (χ1n) is 9.29. The van der Waals surface area contributed by atoms with Gasteiger partial charge in [0.05, 0.1) is 25.5 Å². The number of anilines is 1. The van der Waals surface area contributed by atoms with Crippen molar-refractivity contribution in [2.75, 3.05) is 43.9 Å². The highest BCUT2D eigenvalue weighted by atomic mass is 32.2. The van der Waals surface area contributed by atoms with Crippen molar-refractivity contribution in [3.8, 4) is 0 Å². The number of hydrogen-bond donors (Lipinski definition) is 2. The molecule has 3 rings (SSSR count). The lowest BCUT2D eigenvalue weighted by Crippen LogP contribution is -2.55. The molecule has 2 fully saturated rings. The van der Waals surface area contributed by atoms with E-state index in [0.29, 0.717) is 12.2 Å². The van der Waals surface area contributed by atoms with Crippen LogP contribution in [0.15, 0.2) is 24.3 Å². The second-order valence-corrected chi connectivity index (χ2v) is 8.38. The van der Waals surface area contributed by atoms with E-state index in [-0.39, 0.29) is 35.0 Å². The van der Waals surface area contributed by atoms with Crippen molar-refractivity contribution < 1.29 is 19.1 Å². The molecule has 9 heteroatoms. The number of nitrogens with zero attached hydrogens (tertiary/aromatic N) is 2. The van der Waals surface area contributed by atoms with Crippen LogP contribution in [0.2, 0.25) is 0 Å². The molecule has 1 aromatic rings. The van der Waals surface area contributed by atoms with E-state index < -0.39 is 0 Å². The van der Waals surface area contributed by atoms with E-state index in [1.807, 2.05) is 0 Å². The molecule has 0 atom stereocenters. The Bertz CT molecular complexity index is 716. The zero-order chi connectivity index (χ0) is 20.1. The lowest BCUT2D eigenvalue weighted by Gasteiger charge is -2.40. The Morgan fingerprint density at radius 1 is 1.18 bits per heavy atom. The predicted octanol–water partition coefficient (Wildman–Crippen LogP) is 2.11. The molecular weight excluding hydrogens is 380 g/mol. The lowest BCUT2D eigenvalue weighted by molar-refractivity contribution is -0.125. The topological polar surface area (TPSA) is 91.0 Å². The smallest absolute Gasteiger partial charge is 0.319 e. The normalized spacial score (nSPS) is 18.4. The molecule has 0 unspecified atom stereocenters. The summed E-state index contributed by atoms with van der Waals surface area (Å²) in [6, 6.07) is 6.86. The van der Waals surface area contributed by atoms with Crippen molar-refractivity contribution in [3.05, 3.63) is 29.8 Å². The van der Waals surface area contributed by atoms with E-state index in [2.05, 4.69) is 29.4 Å². The monoisotopic (exact) mass is 406 g/mol. The molecule has 0 aromatic heterocycles. The Balaban J connectivity index is 1.47. The number of morpholine rings is 1. The number of thioether (sulfide) groups is 1. The van der Waals surface area contributed by atoms with Gasteiger partial charge in [0.15, 0.2) is 0 Å². The molecule has 2 heterocycles. The van der Waals surface area contributed by atoms with Crippen molar-refractivity contribution in [1.29, 1.82) is 0 Å². The third-order valence-corrected chi connectivity index (χ3v) is 5.80. The summed E-state index contributed by atoms with van der Waals surface area (Å²) in [7, 11) is 0. The van der Waals surface area contributed by atoms with Gasteiger partial charge in [0, 0.05) is 30.9 Å². The fourth-order valence-corrected chi connectivity index (χ4v) is 3.89. The van der Waals surface area contributed by atoms with Gasteiger partial charge in [-0.1, -0.05) is 23.9 Å². The number of rotatable bonds is 6. The van der Waals surface area contributed by atoms with E-state index in [1.54, 1.807) is 24.3 Å². The van der Waals surface area contributed by atoms with Crippen LogP contribution in [0.3, 0.4) is 0 Å². The zero-order valence-corrected chi connectivity index (χ0v) is 17.0. The molecule has 1 aromatic carbocycles. The molecule has 0 aliphatic carbocycles. The van der Waals surface area contributed by atoms with Crippen LogP contribution in [0.5, 0.6) is 0 Å². The van der Waals surface area contributed by atoms with Crippen LogP contribution < -0.4 is 10.6 Å². The fraction of sp³-hybridized carbons (Fsp3) is 0.526. The highest BCUT2D eigenvalue weighted by Crippen LogP contribution is 2.22. The van der Waals surface area contributed by atoms with Gasteiger partial charge in [-0.15, -0.1) is 0 Å². The van der Waals surface area contributed by atoms with Crippen LogP contribution in [0.4, 0.5) is 15.3 Å². The average molecular weight is 407 g/mol. The minimum absolute atomic E-state index is 0.155. The van der Waals surface area contributed by atoms with Gasteiger partial charge in [0.1, 0.15) is 0 Å². The van der Waals surface area contributed by atoms with Gasteiger partial charge < -0.3 is 15.4 Å². The first-order valence-corrected chi connectivity index (χ1v) is 10.3. The van der Waals surface area contributed by atoms with Crippen molar-refractivity contribution in [2.24, 2.45) is 0 Å². The molecule has 0 radical (unpaired) electrons. The predicted molar refractivity (Wildman–Crippen MR) is 108 cm³/mol. The van der Waals surface area contributed by atoms with Crippen LogP contribution >= 0.6 is 11.8 Å². The first-order chi connectivity index (χ1) is 13.3. The summed E-state index contributed by atoms with van der Waals surface area (Å²) in [4.78, 5) is 39.1. The lowest BCUT2D eigenvalue weighted by atomic mass is 10.0. The van der Waals surface area contributed by atoms with Crippen molar-refractivity contribution in [2.45, 2.75) is 25.9 Å². The van der Waals surface area contributed by atoms with Crippen LogP contribution in [0.25, 0.3) is 0 Å². The summed E-state index contributed by atoms with van der Waals surface area (Å²) in [5, 5.41) is 5.52. The molecule has 8 nitrogen and oxygen atoms in total. The Hall–Kier alpha value is -2.10. The van der Waals surface area contributed by atoms with E-state index in [4.69, 9.17) is 4.74 Å². The van der Waals surface area contributed by atoms with Crippen molar-refractivity contribution in [3.63, 3.8) is 0 Å². The van der Waals surface area contributed by atoms with Crippen LogP contribution in [-0.4, -0.2) is 71.1 Å². The number of imide groups is 1. The summed E-state index contributed by atoms with van der Waals surface area (Å²) in [6.45, 7) is 8.14. The molecule has 2 N–H and O–H groups in total. The maximum absolute atomic E-state index is 12.2. The van der Waals surface area contributed by atoms with Crippen LogP contribution in [0, 0.1) is 0 Å². The second-order valence-electron chi connectivity index (χ2n) is 7.45. The molecule has 0 saturated carbocycles. The minimum atomic E-state index is -0.268. The van der Waals surface area contributed by atoms with Gasteiger partial charge >= 0.3 is 6.03 Å². The molecule has 0 bridgehead atoms. The van der Waals surface area contributed by atoms with Gasteiger partial charge in [0.25, 0.3) is 5.24 Å². The minimum Gasteiger partial charge on any atom is -0.379 e. The number of hydrogen-bond acceptors (Lipinski definition) is 6. The average Bonchev–Trinajstić information content (AvgIpc) is 3.01. The van der Waals surface area contributed by atoms with Gasteiger partial charge in [0.2, 0.25) is 5.91 Å². The summed E-state index contributed by atoms with van der Waals surface area (Å²) in [5.74, 6) is 0.0406. The number of urea groups is 1. The zero-order valence-electron chi connectivity index (χ0n) is 16.2. The van der Waals surface area contributed by atoms with Crippen LogP contribution in [0.1, 0.15) is 19.4 Å². The van der Waals surface area contributed by atoms with Gasteiger partial charge in [-0.3, -0.25) is 19.4 Å². The standard InChI is InChI=1S/C19H26N4O4S/c1-19(2,22-7-9-27-10-8-22)13-20-17(25)21-15-5-3-14(4-6-15)11-23-16(24)12-28-18(23)26/h3-6H,7-13H2,1-2H3,(H2,20,21,25). The maximum atomic E-state index is 12.2. The Morgan fingerprint density at radius 3 is 2.46 bits per heavy atom. The molecule has 152 valence electrons. The molecule has 2 aliphatic rings. The summed E-state index contributed by atoms with van der Waals surface area (Å²) in [6.07, 6.45) is 0. The van der Waals surface area contributed by atoms with Crippen molar-refractivity contribution >= 4 is 34.6 Å². The number of nitrogens with one attached hydrogen (secondary N) is 2. The molecule has 28 heavy (non-hydrogen) atoms. The number of benzene rings is 1. The molecular formula is C19H26N4O4S. The summed E-state index contributed by atoms with van der Waals surface area (Å²) < 4.78 is 5.38. The largest absolute Gasteiger partial charge is 0.379 e. The third kappa shape index (κ3) is 5.24. The molecule has 2 aliphatic heterocycles.